The Hall–Kier alpha value is -1.32. The van der Waals surface area contributed by atoms with Crippen LogP contribution < -0.4 is 5.32 Å². The predicted octanol–water partition coefficient (Wildman–Crippen LogP) is 2.93. The van der Waals surface area contributed by atoms with Gasteiger partial charge in [-0.1, -0.05) is 17.7 Å². The Morgan fingerprint density at radius 3 is 3.11 bits per heavy atom. The lowest BCUT2D eigenvalue weighted by molar-refractivity contribution is 0.669. The van der Waals surface area contributed by atoms with Crippen molar-refractivity contribution in [2.24, 2.45) is 0 Å². The summed E-state index contributed by atoms with van der Waals surface area (Å²) in [6.07, 6.45) is 4.58. The fourth-order valence-electron chi connectivity index (χ4n) is 2.75. The van der Waals surface area contributed by atoms with Gasteiger partial charge in [0.15, 0.2) is 0 Å². The molecule has 0 aliphatic heterocycles. The number of rotatable bonds is 4. The summed E-state index contributed by atoms with van der Waals surface area (Å²) in [4.78, 5) is 8.20. The highest BCUT2D eigenvalue weighted by Gasteiger charge is 2.23. The number of H-pyrrole nitrogens is 1. The maximum atomic E-state index is 6.03. The molecular weight excluding hydrogens is 258 g/mol. The average molecular weight is 274 g/mol. The lowest BCUT2D eigenvalue weighted by atomic mass is 10.1. The lowest BCUT2D eigenvalue weighted by Gasteiger charge is -2.01. The third-order valence-electron chi connectivity index (χ3n) is 3.89. The number of benzene rings is 1. The average Bonchev–Trinajstić information content (AvgIpc) is 3.02. The second-order valence-corrected chi connectivity index (χ2v) is 5.90. The maximum Gasteiger partial charge on any atom is 0.108 e. The zero-order valence-electron chi connectivity index (χ0n) is 10.7. The van der Waals surface area contributed by atoms with Crippen LogP contribution >= 0.6 is 11.6 Å². The summed E-state index contributed by atoms with van der Waals surface area (Å²) < 4.78 is 0. The number of nitrogens with zero attached hydrogens (tertiary/aromatic N) is 1. The molecule has 0 saturated heterocycles. The molecule has 19 heavy (non-hydrogen) atoms. The Morgan fingerprint density at radius 1 is 1.37 bits per heavy atom. The zero-order valence-corrected chi connectivity index (χ0v) is 11.4. The van der Waals surface area contributed by atoms with Crippen LogP contribution in [0.15, 0.2) is 18.2 Å². The third-order valence-corrected chi connectivity index (χ3v) is 4.12. The minimum Gasteiger partial charge on any atom is -0.345 e. The summed E-state index contributed by atoms with van der Waals surface area (Å²) in [5.74, 6) is 1.10. The fraction of sp³-hybridized carbons (Fsp3) is 0.400. The van der Waals surface area contributed by atoms with Crippen LogP contribution in [0.1, 0.15) is 29.9 Å². The molecule has 2 aromatic rings. The molecule has 0 amide bonds. The number of imidazole rings is 1. The highest BCUT2D eigenvalue weighted by Crippen LogP contribution is 2.36. The summed E-state index contributed by atoms with van der Waals surface area (Å²) >= 11 is 6.03. The van der Waals surface area contributed by atoms with Crippen LogP contribution in [0, 0.1) is 0 Å². The van der Waals surface area contributed by atoms with Crippen molar-refractivity contribution >= 4 is 11.6 Å². The Bertz CT molecular complexity index is 628. The molecule has 2 aliphatic rings. The van der Waals surface area contributed by atoms with Crippen LogP contribution in [0.25, 0.3) is 11.3 Å². The van der Waals surface area contributed by atoms with Crippen molar-refractivity contribution in [3.05, 3.63) is 40.3 Å². The number of aromatic amines is 1. The van der Waals surface area contributed by atoms with Gasteiger partial charge in [-0.3, -0.25) is 0 Å². The molecule has 1 aromatic heterocycles. The molecule has 1 heterocycles. The van der Waals surface area contributed by atoms with Gasteiger partial charge in [0.25, 0.3) is 0 Å². The molecule has 98 valence electrons. The third kappa shape index (κ3) is 2.17. The molecule has 0 unspecified atom stereocenters. The van der Waals surface area contributed by atoms with E-state index in [1.165, 1.54) is 29.7 Å². The molecule has 0 radical (unpaired) electrons. The van der Waals surface area contributed by atoms with Gasteiger partial charge < -0.3 is 10.3 Å². The van der Waals surface area contributed by atoms with Crippen molar-refractivity contribution in [3.63, 3.8) is 0 Å². The highest BCUT2D eigenvalue weighted by molar-refractivity contribution is 6.30. The van der Waals surface area contributed by atoms with E-state index in [-0.39, 0.29) is 0 Å². The quantitative estimate of drug-likeness (QED) is 0.767. The van der Waals surface area contributed by atoms with E-state index in [0.717, 1.165) is 42.0 Å². The number of aromatic nitrogens is 2. The minimum absolute atomic E-state index is 0.768. The van der Waals surface area contributed by atoms with E-state index >= 15 is 0 Å². The zero-order chi connectivity index (χ0) is 12.8. The minimum atomic E-state index is 0.768. The molecule has 1 aromatic carbocycles. The molecule has 2 N–H and O–H groups in total. The Balaban J connectivity index is 1.53. The molecule has 0 spiro atoms. The van der Waals surface area contributed by atoms with E-state index in [2.05, 4.69) is 16.4 Å². The van der Waals surface area contributed by atoms with Crippen molar-refractivity contribution in [1.29, 1.82) is 0 Å². The second-order valence-electron chi connectivity index (χ2n) is 5.47. The van der Waals surface area contributed by atoms with Crippen molar-refractivity contribution in [1.82, 2.24) is 15.3 Å². The Kier molecular flexibility index (Phi) is 2.64. The largest absolute Gasteiger partial charge is 0.345 e. The summed E-state index contributed by atoms with van der Waals surface area (Å²) in [7, 11) is 0. The first-order valence-electron chi connectivity index (χ1n) is 6.89. The van der Waals surface area contributed by atoms with E-state index in [4.69, 9.17) is 16.6 Å². The number of hydrogen-bond acceptors (Lipinski definition) is 2. The SMILES string of the molecule is Clc1ccc2c(c1)Cc1[nH]c(CCNC3CC3)nc1-2. The van der Waals surface area contributed by atoms with Gasteiger partial charge in [-0.05, 0) is 30.5 Å². The summed E-state index contributed by atoms with van der Waals surface area (Å²) in [6, 6.07) is 6.83. The molecule has 3 nitrogen and oxygen atoms in total. The van der Waals surface area contributed by atoms with E-state index in [1.54, 1.807) is 0 Å². The number of nitrogens with one attached hydrogen (secondary N) is 2. The van der Waals surface area contributed by atoms with Crippen molar-refractivity contribution in [3.8, 4) is 11.3 Å². The number of hydrogen-bond donors (Lipinski definition) is 2. The topological polar surface area (TPSA) is 40.7 Å². The van der Waals surface area contributed by atoms with Crippen LogP contribution in [0.3, 0.4) is 0 Å². The highest BCUT2D eigenvalue weighted by atomic mass is 35.5. The normalized spacial score (nSPS) is 16.5. The predicted molar refractivity (Wildman–Crippen MR) is 76.6 cm³/mol. The molecule has 0 atom stereocenters. The first kappa shape index (κ1) is 11.5. The first-order valence-corrected chi connectivity index (χ1v) is 7.27. The van der Waals surface area contributed by atoms with Crippen molar-refractivity contribution in [2.75, 3.05) is 6.54 Å². The lowest BCUT2D eigenvalue weighted by Crippen LogP contribution is -2.19. The van der Waals surface area contributed by atoms with E-state index in [1.807, 2.05) is 12.1 Å². The van der Waals surface area contributed by atoms with Crippen molar-refractivity contribution < 1.29 is 0 Å². The van der Waals surface area contributed by atoms with E-state index in [9.17, 15) is 0 Å². The maximum absolute atomic E-state index is 6.03. The monoisotopic (exact) mass is 273 g/mol. The molecule has 1 saturated carbocycles. The molecule has 4 rings (SSSR count). The molecule has 0 bridgehead atoms. The Labute approximate surface area is 117 Å². The van der Waals surface area contributed by atoms with Gasteiger partial charge >= 0.3 is 0 Å². The number of fused-ring (bicyclic) bond motifs is 3. The van der Waals surface area contributed by atoms with Crippen LogP contribution in [-0.2, 0) is 12.8 Å². The summed E-state index contributed by atoms with van der Waals surface area (Å²) in [5.41, 5.74) is 4.87. The second kappa shape index (κ2) is 4.36. The van der Waals surface area contributed by atoms with E-state index < -0.39 is 0 Å². The van der Waals surface area contributed by atoms with Gasteiger partial charge in [0.1, 0.15) is 5.82 Å². The summed E-state index contributed by atoms with van der Waals surface area (Å²) in [5, 5.41) is 4.32. The van der Waals surface area contributed by atoms with Crippen LogP contribution in [-0.4, -0.2) is 22.6 Å². The van der Waals surface area contributed by atoms with Gasteiger partial charge in [0.05, 0.1) is 5.69 Å². The van der Waals surface area contributed by atoms with Gasteiger partial charge in [-0.25, -0.2) is 4.98 Å². The van der Waals surface area contributed by atoms with Gasteiger partial charge in [-0.2, -0.15) is 0 Å². The molecular formula is C15H16ClN3. The first-order chi connectivity index (χ1) is 9.29. The van der Waals surface area contributed by atoms with Crippen molar-refractivity contribution in [2.45, 2.75) is 31.7 Å². The van der Waals surface area contributed by atoms with Crippen LogP contribution in [0.5, 0.6) is 0 Å². The van der Waals surface area contributed by atoms with Crippen LogP contribution in [0.4, 0.5) is 0 Å². The fourth-order valence-corrected chi connectivity index (χ4v) is 2.94. The molecule has 1 fully saturated rings. The number of halogens is 1. The summed E-state index contributed by atoms with van der Waals surface area (Å²) in [6.45, 7) is 1.02. The molecule has 2 aliphatic carbocycles. The van der Waals surface area contributed by atoms with E-state index in [0.29, 0.717) is 0 Å². The van der Waals surface area contributed by atoms with Gasteiger partial charge in [0, 0.05) is 41.7 Å². The van der Waals surface area contributed by atoms with Crippen LogP contribution in [0.2, 0.25) is 5.02 Å². The smallest absolute Gasteiger partial charge is 0.108 e. The molecule has 4 heteroatoms. The standard InChI is InChI=1S/C15H16ClN3/c16-10-1-4-12-9(7-10)8-13-15(12)19-14(18-13)5-6-17-11-2-3-11/h1,4,7,11,17H,2-3,5-6,8H2,(H,18,19). The Morgan fingerprint density at radius 2 is 2.26 bits per heavy atom. The van der Waals surface area contributed by atoms with Gasteiger partial charge in [0.2, 0.25) is 0 Å². The van der Waals surface area contributed by atoms with Gasteiger partial charge in [-0.15, -0.1) is 0 Å².